The van der Waals surface area contributed by atoms with Crippen molar-refractivity contribution in [2.75, 3.05) is 13.7 Å². The van der Waals surface area contributed by atoms with Crippen molar-refractivity contribution < 1.29 is 22.7 Å². The number of hydrogen-bond donors (Lipinski definition) is 1. The summed E-state index contributed by atoms with van der Waals surface area (Å²) < 4.78 is 43.5. The number of hydrogen-bond acceptors (Lipinski definition) is 4. The number of aryl methyl sites for hydroxylation is 1. The van der Waals surface area contributed by atoms with E-state index in [0.717, 1.165) is 12.4 Å². The van der Waals surface area contributed by atoms with E-state index >= 15 is 0 Å². The number of alkyl halides is 3. The van der Waals surface area contributed by atoms with Crippen LogP contribution in [-0.4, -0.2) is 34.9 Å². The quantitative estimate of drug-likeness (QED) is 0.785. The van der Waals surface area contributed by atoms with E-state index in [1.54, 1.807) is 20.9 Å². The molecule has 1 heterocycles. The Morgan fingerprint density at radius 3 is 2.62 bits per heavy atom. The summed E-state index contributed by atoms with van der Waals surface area (Å²) in [6.07, 6.45) is -1.70. The van der Waals surface area contributed by atoms with Crippen LogP contribution in [0.5, 0.6) is 0 Å². The van der Waals surface area contributed by atoms with E-state index in [-0.39, 0.29) is 12.6 Å². The van der Waals surface area contributed by atoms with Crippen LogP contribution in [0.3, 0.4) is 0 Å². The second-order valence-corrected chi connectivity index (χ2v) is 4.90. The minimum Gasteiger partial charge on any atom is -0.465 e. The van der Waals surface area contributed by atoms with Crippen molar-refractivity contribution in [1.29, 1.82) is 0 Å². The summed E-state index contributed by atoms with van der Waals surface area (Å²) in [7, 11) is 1.65. The number of nitrogens with zero attached hydrogens (tertiary/aromatic N) is 2. The molecule has 21 heavy (non-hydrogen) atoms. The number of esters is 1. The van der Waals surface area contributed by atoms with Crippen LogP contribution in [0.4, 0.5) is 13.2 Å². The number of likely N-dealkylation sites (N-methyl/N-ethyl adjacent to an activating group) is 1. The van der Waals surface area contributed by atoms with Gasteiger partial charge in [0.15, 0.2) is 0 Å². The van der Waals surface area contributed by atoms with E-state index in [2.05, 4.69) is 10.4 Å². The smallest absolute Gasteiger partial charge is 0.419 e. The van der Waals surface area contributed by atoms with Crippen LogP contribution in [0.25, 0.3) is 0 Å². The predicted molar refractivity (Wildman–Crippen MR) is 70.6 cm³/mol. The van der Waals surface area contributed by atoms with Crippen LogP contribution in [0.1, 0.15) is 32.3 Å². The summed E-state index contributed by atoms with van der Waals surface area (Å²) in [6, 6.07) is 0. The van der Waals surface area contributed by atoms with Crippen molar-refractivity contribution in [2.24, 2.45) is 0 Å². The molecule has 1 aromatic rings. The molecular weight excluding hydrogens is 287 g/mol. The van der Waals surface area contributed by atoms with E-state index in [1.807, 2.05) is 0 Å². The zero-order chi connectivity index (χ0) is 16.1. The number of aromatic nitrogens is 2. The molecule has 5 nitrogen and oxygen atoms in total. The number of carbonyl (C=O) groups excluding carboxylic acids is 1. The Hall–Kier alpha value is -1.57. The molecule has 0 amide bonds. The molecule has 1 N–H and O–H groups in total. The van der Waals surface area contributed by atoms with Gasteiger partial charge in [-0.2, -0.15) is 18.3 Å². The van der Waals surface area contributed by atoms with Gasteiger partial charge in [0.1, 0.15) is 5.54 Å². The molecule has 1 atom stereocenters. The van der Waals surface area contributed by atoms with Gasteiger partial charge in [0.05, 0.1) is 18.4 Å². The first-order chi connectivity index (χ1) is 9.73. The monoisotopic (exact) mass is 307 g/mol. The van der Waals surface area contributed by atoms with Crippen LogP contribution in [-0.2, 0) is 22.3 Å². The van der Waals surface area contributed by atoms with Gasteiger partial charge in [0, 0.05) is 12.7 Å². The highest BCUT2D eigenvalue weighted by molar-refractivity contribution is 5.80. The van der Waals surface area contributed by atoms with Crippen molar-refractivity contribution in [3.8, 4) is 0 Å². The van der Waals surface area contributed by atoms with Gasteiger partial charge in [0.25, 0.3) is 0 Å². The fourth-order valence-electron chi connectivity index (χ4n) is 1.85. The largest absolute Gasteiger partial charge is 0.465 e. The Balaban J connectivity index is 2.55. The Morgan fingerprint density at radius 1 is 1.48 bits per heavy atom. The van der Waals surface area contributed by atoms with Crippen molar-refractivity contribution in [2.45, 2.75) is 44.9 Å². The lowest BCUT2D eigenvalue weighted by molar-refractivity contribution is -0.150. The Labute approximate surface area is 121 Å². The van der Waals surface area contributed by atoms with E-state index in [1.165, 1.54) is 4.68 Å². The maximum absolute atomic E-state index is 12.4. The summed E-state index contributed by atoms with van der Waals surface area (Å²) in [4.78, 5) is 11.8. The molecule has 0 aliphatic rings. The van der Waals surface area contributed by atoms with Gasteiger partial charge in [-0.25, -0.2) is 0 Å². The normalized spacial score (nSPS) is 14.8. The van der Waals surface area contributed by atoms with Crippen LogP contribution >= 0.6 is 0 Å². The standard InChI is InChI=1S/C13H20F3N3O2/c1-4-21-11(20)12(2,17-3)6-5-7-19-9-10(8-18-19)13(14,15)16/h8-9,17H,4-7H2,1-3H3. The maximum Gasteiger partial charge on any atom is 0.419 e. The molecular formula is C13H20F3N3O2. The SMILES string of the molecule is CCOC(=O)C(C)(CCCn1cc(C(F)(F)F)cn1)NC. The average molecular weight is 307 g/mol. The molecule has 1 rings (SSSR count). The highest BCUT2D eigenvalue weighted by atomic mass is 19.4. The van der Waals surface area contributed by atoms with Crippen molar-refractivity contribution in [1.82, 2.24) is 15.1 Å². The molecule has 120 valence electrons. The molecule has 0 spiro atoms. The summed E-state index contributed by atoms with van der Waals surface area (Å²) in [5.74, 6) is -0.371. The Bertz CT molecular complexity index is 473. The van der Waals surface area contributed by atoms with Gasteiger partial charge in [-0.05, 0) is 33.7 Å². The van der Waals surface area contributed by atoms with Gasteiger partial charge in [0.2, 0.25) is 0 Å². The molecule has 0 aromatic carbocycles. The molecule has 0 saturated carbocycles. The minimum absolute atomic E-state index is 0.282. The van der Waals surface area contributed by atoms with Crippen LogP contribution < -0.4 is 5.32 Å². The minimum atomic E-state index is -4.39. The number of nitrogens with one attached hydrogen (secondary N) is 1. The predicted octanol–water partition coefficient (Wildman–Crippen LogP) is 2.22. The molecule has 1 unspecified atom stereocenters. The highest BCUT2D eigenvalue weighted by Gasteiger charge is 2.33. The molecule has 0 aliphatic carbocycles. The lowest BCUT2D eigenvalue weighted by atomic mass is 9.96. The van der Waals surface area contributed by atoms with Crippen LogP contribution in [0.15, 0.2) is 12.4 Å². The maximum atomic E-state index is 12.4. The zero-order valence-corrected chi connectivity index (χ0v) is 12.3. The van der Waals surface area contributed by atoms with Crippen molar-refractivity contribution in [3.63, 3.8) is 0 Å². The molecule has 8 heteroatoms. The highest BCUT2D eigenvalue weighted by Crippen LogP contribution is 2.28. The van der Waals surface area contributed by atoms with Gasteiger partial charge < -0.3 is 10.1 Å². The first-order valence-corrected chi connectivity index (χ1v) is 6.68. The molecule has 0 radical (unpaired) electrons. The third kappa shape index (κ3) is 4.73. The molecule has 0 bridgehead atoms. The number of halogens is 3. The van der Waals surface area contributed by atoms with E-state index in [0.29, 0.717) is 19.4 Å². The Kier molecular flexibility index (Phi) is 5.77. The van der Waals surface area contributed by atoms with Crippen molar-refractivity contribution in [3.05, 3.63) is 18.0 Å². The third-order valence-corrected chi connectivity index (χ3v) is 3.30. The molecule has 0 saturated heterocycles. The number of ether oxygens (including phenoxy) is 1. The topological polar surface area (TPSA) is 56.2 Å². The third-order valence-electron chi connectivity index (χ3n) is 3.30. The molecule has 0 aliphatic heterocycles. The summed E-state index contributed by atoms with van der Waals surface area (Å²) >= 11 is 0. The van der Waals surface area contributed by atoms with E-state index < -0.39 is 17.3 Å². The van der Waals surface area contributed by atoms with E-state index in [9.17, 15) is 18.0 Å². The van der Waals surface area contributed by atoms with Crippen LogP contribution in [0, 0.1) is 0 Å². The second-order valence-electron chi connectivity index (χ2n) is 4.90. The fraction of sp³-hybridized carbons (Fsp3) is 0.692. The lowest BCUT2D eigenvalue weighted by Gasteiger charge is -2.26. The van der Waals surface area contributed by atoms with E-state index in [4.69, 9.17) is 4.74 Å². The van der Waals surface area contributed by atoms with Gasteiger partial charge >= 0.3 is 12.1 Å². The first-order valence-electron chi connectivity index (χ1n) is 6.68. The zero-order valence-electron chi connectivity index (χ0n) is 12.3. The van der Waals surface area contributed by atoms with Gasteiger partial charge in [-0.3, -0.25) is 9.48 Å². The summed E-state index contributed by atoms with van der Waals surface area (Å²) in [5.41, 5.74) is -1.62. The van der Waals surface area contributed by atoms with Gasteiger partial charge in [-0.15, -0.1) is 0 Å². The molecule has 1 aromatic heterocycles. The first kappa shape index (κ1) is 17.5. The molecule has 0 fully saturated rings. The summed E-state index contributed by atoms with van der Waals surface area (Å²) in [6.45, 7) is 4.00. The summed E-state index contributed by atoms with van der Waals surface area (Å²) in [5, 5.41) is 6.56. The van der Waals surface area contributed by atoms with Crippen LogP contribution in [0.2, 0.25) is 0 Å². The number of carbonyl (C=O) groups is 1. The Morgan fingerprint density at radius 2 is 2.14 bits per heavy atom. The van der Waals surface area contributed by atoms with Crippen molar-refractivity contribution >= 4 is 5.97 Å². The average Bonchev–Trinajstić information content (AvgIpc) is 2.87. The number of rotatable bonds is 7. The van der Waals surface area contributed by atoms with Gasteiger partial charge in [-0.1, -0.05) is 0 Å². The lowest BCUT2D eigenvalue weighted by Crippen LogP contribution is -2.48. The second kappa shape index (κ2) is 6.93. The fourth-order valence-corrected chi connectivity index (χ4v) is 1.85.